The smallest absolute Gasteiger partial charge is 0.241 e. The van der Waals surface area contributed by atoms with Gasteiger partial charge in [0.1, 0.15) is 18.1 Å². The normalized spacial score (nSPS) is 11.0. The molecule has 2 aromatic rings. The number of hydrogen-bond donors (Lipinski definition) is 1. The maximum atomic E-state index is 10.9. The van der Waals surface area contributed by atoms with Crippen LogP contribution in [0.1, 0.15) is 36.5 Å². The van der Waals surface area contributed by atoms with Crippen LogP contribution in [0.4, 0.5) is 0 Å². The van der Waals surface area contributed by atoms with Crippen LogP contribution in [0.5, 0.6) is 11.5 Å². The van der Waals surface area contributed by atoms with Crippen molar-refractivity contribution in [1.29, 1.82) is 0 Å². The highest BCUT2D eigenvalue weighted by Gasteiger charge is 2.06. The molecule has 0 saturated heterocycles. The second-order valence-electron chi connectivity index (χ2n) is 5.82. The molecule has 4 heteroatoms. The molecule has 1 amide bonds. The molecule has 0 spiro atoms. The van der Waals surface area contributed by atoms with Gasteiger partial charge in [0.2, 0.25) is 5.91 Å². The van der Waals surface area contributed by atoms with E-state index in [1.807, 2.05) is 30.3 Å². The summed E-state index contributed by atoms with van der Waals surface area (Å²) in [6.07, 6.45) is 3.00. The second-order valence-corrected chi connectivity index (χ2v) is 5.82. The van der Waals surface area contributed by atoms with Crippen LogP contribution in [0.15, 0.2) is 48.5 Å². The number of methoxy groups -OCH3 is 1. The molecule has 126 valence electrons. The average Bonchev–Trinajstić information content (AvgIpc) is 2.58. The Morgan fingerprint density at radius 3 is 2.46 bits per heavy atom. The highest BCUT2D eigenvalue weighted by atomic mass is 16.5. The molecule has 4 nitrogen and oxygen atoms in total. The zero-order valence-corrected chi connectivity index (χ0v) is 14.3. The van der Waals surface area contributed by atoms with Gasteiger partial charge in [-0.3, -0.25) is 4.79 Å². The van der Waals surface area contributed by atoms with Gasteiger partial charge in [-0.05, 0) is 47.4 Å². The van der Waals surface area contributed by atoms with Crippen LogP contribution in [-0.2, 0) is 11.4 Å². The number of carbonyl (C=O) groups excluding carboxylic acids is 1. The van der Waals surface area contributed by atoms with E-state index in [-0.39, 0.29) is 0 Å². The molecule has 0 fully saturated rings. The summed E-state index contributed by atoms with van der Waals surface area (Å²) in [5.41, 5.74) is 8.17. The number of primary amides is 1. The number of hydrogen-bond acceptors (Lipinski definition) is 3. The summed E-state index contributed by atoms with van der Waals surface area (Å²) in [6.45, 7) is 4.69. The minimum atomic E-state index is -0.478. The molecule has 0 unspecified atom stereocenters. The van der Waals surface area contributed by atoms with E-state index in [0.717, 1.165) is 22.6 Å². The van der Waals surface area contributed by atoms with E-state index in [1.165, 1.54) is 11.6 Å². The van der Waals surface area contributed by atoms with Crippen molar-refractivity contribution in [3.8, 4) is 11.5 Å². The number of nitrogens with two attached hydrogens (primary N) is 1. The first kappa shape index (κ1) is 17.6. The molecular formula is C20H23NO3. The molecule has 2 N–H and O–H groups in total. The number of benzene rings is 2. The fourth-order valence-electron chi connectivity index (χ4n) is 2.30. The summed E-state index contributed by atoms with van der Waals surface area (Å²) >= 11 is 0. The van der Waals surface area contributed by atoms with Gasteiger partial charge in [0.15, 0.2) is 0 Å². The lowest BCUT2D eigenvalue weighted by Crippen LogP contribution is -2.05. The number of ether oxygens (including phenoxy) is 2. The molecule has 0 radical (unpaired) electrons. The number of rotatable bonds is 7. The van der Waals surface area contributed by atoms with Crippen LogP contribution < -0.4 is 15.2 Å². The van der Waals surface area contributed by atoms with Gasteiger partial charge in [-0.25, -0.2) is 0 Å². The quantitative estimate of drug-likeness (QED) is 0.785. The van der Waals surface area contributed by atoms with E-state index < -0.39 is 5.91 Å². The second kappa shape index (κ2) is 8.20. The minimum Gasteiger partial charge on any atom is -0.496 e. The molecular weight excluding hydrogens is 302 g/mol. The summed E-state index contributed by atoms with van der Waals surface area (Å²) in [7, 11) is 1.62. The molecule has 2 aromatic carbocycles. The zero-order chi connectivity index (χ0) is 17.5. The SMILES string of the molecule is COc1ccc(/C=C\C(N)=O)cc1COc1ccc(C(C)C)cc1. The highest BCUT2D eigenvalue weighted by molar-refractivity contribution is 5.90. The third-order valence-corrected chi connectivity index (χ3v) is 3.69. The lowest BCUT2D eigenvalue weighted by Gasteiger charge is -2.12. The Morgan fingerprint density at radius 1 is 1.17 bits per heavy atom. The fourth-order valence-corrected chi connectivity index (χ4v) is 2.30. The predicted octanol–water partition coefficient (Wildman–Crippen LogP) is 3.90. The third kappa shape index (κ3) is 4.88. The predicted molar refractivity (Wildman–Crippen MR) is 96.1 cm³/mol. The van der Waals surface area contributed by atoms with Gasteiger partial charge >= 0.3 is 0 Å². The molecule has 0 atom stereocenters. The van der Waals surface area contributed by atoms with Crippen LogP contribution in [0.2, 0.25) is 0 Å². The summed E-state index contributed by atoms with van der Waals surface area (Å²) in [6, 6.07) is 13.7. The Labute approximate surface area is 142 Å². The van der Waals surface area contributed by atoms with Gasteiger partial charge in [-0.2, -0.15) is 0 Å². The monoisotopic (exact) mass is 325 g/mol. The van der Waals surface area contributed by atoms with E-state index in [2.05, 4.69) is 26.0 Å². The van der Waals surface area contributed by atoms with Crippen molar-refractivity contribution in [3.05, 3.63) is 65.2 Å². The highest BCUT2D eigenvalue weighted by Crippen LogP contribution is 2.24. The summed E-state index contributed by atoms with van der Waals surface area (Å²) in [5.74, 6) is 1.56. The van der Waals surface area contributed by atoms with Gasteiger partial charge in [-0.1, -0.05) is 32.0 Å². The standard InChI is InChI=1S/C20H23NO3/c1-14(2)16-6-8-18(9-7-16)24-13-17-12-15(5-11-20(21)22)4-10-19(17)23-3/h4-12,14H,13H2,1-3H3,(H2,21,22)/b11-5-. The summed E-state index contributed by atoms with van der Waals surface area (Å²) in [5, 5.41) is 0. The summed E-state index contributed by atoms with van der Waals surface area (Å²) < 4.78 is 11.2. The van der Waals surface area contributed by atoms with E-state index in [0.29, 0.717) is 12.5 Å². The Balaban J connectivity index is 2.12. The van der Waals surface area contributed by atoms with Crippen LogP contribution >= 0.6 is 0 Å². The van der Waals surface area contributed by atoms with Crippen molar-refractivity contribution in [2.75, 3.05) is 7.11 Å². The number of amides is 1. The van der Waals surface area contributed by atoms with E-state index in [1.54, 1.807) is 13.2 Å². The fraction of sp³-hybridized carbons (Fsp3) is 0.250. The van der Waals surface area contributed by atoms with Gasteiger partial charge in [0, 0.05) is 11.6 Å². The number of carbonyl (C=O) groups is 1. The lowest BCUT2D eigenvalue weighted by atomic mass is 10.0. The maximum absolute atomic E-state index is 10.9. The minimum absolute atomic E-state index is 0.377. The van der Waals surface area contributed by atoms with Crippen molar-refractivity contribution < 1.29 is 14.3 Å². The first-order valence-corrected chi connectivity index (χ1v) is 7.86. The Bertz CT molecular complexity index is 718. The first-order chi connectivity index (χ1) is 11.5. The van der Waals surface area contributed by atoms with Gasteiger partial charge in [-0.15, -0.1) is 0 Å². The molecule has 0 aliphatic rings. The molecule has 0 saturated carbocycles. The van der Waals surface area contributed by atoms with Crippen LogP contribution in [-0.4, -0.2) is 13.0 Å². The topological polar surface area (TPSA) is 61.5 Å². The largest absolute Gasteiger partial charge is 0.496 e. The molecule has 24 heavy (non-hydrogen) atoms. The van der Waals surface area contributed by atoms with Crippen molar-refractivity contribution in [2.24, 2.45) is 5.73 Å². The Kier molecular flexibility index (Phi) is 6.01. The maximum Gasteiger partial charge on any atom is 0.241 e. The Hall–Kier alpha value is -2.75. The Morgan fingerprint density at radius 2 is 1.88 bits per heavy atom. The van der Waals surface area contributed by atoms with Crippen LogP contribution in [0, 0.1) is 0 Å². The van der Waals surface area contributed by atoms with Gasteiger partial charge in [0.05, 0.1) is 7.11 Å². The van der Waals surface area contributed by atoms with E-state index >= 15 is 0 Å². The van der Waals surface area contributed by atoms with Gasteiger partial charge in [0.25, 0.3) is 0 Å². The van der Waals surface area contributed by atoms with Crippen molar-refractivity contribution >= 4 is 12.0 Å². The average molecular weight is 325 g/mol. The molecule has 0 heterocycles. The van der Waals surface area contributed by atoms with Crippen LogP contribution in [0.3, 0.4) is 0 Å². The molecule has 0 bridgehead atoms. The van der Waals surface area contributed by atoms with Crippen molar-refractivity contribution in [1.82, 2.24) is 0 Å². The van der Waals surface area contributed by atoms with Crippen LogP contribution in [0.25, 0.3) is 6.08 Å². The van der Waals surface area contributed by atoms with E-state index in [9.17, 15) is 4.79 Å². The zero-order valence-electron chi connectivity index (χ0n) is 14.3. The summed E-state index contributed by atoms with van der Waals surface area (Å²) in [4.78, 5) is 10.9. The first-order valence-electron chi connectivity index (χ1n) is 7.86. The van der Waals surface area contributed by atoms with Crippen molar-refractivity contribution in [3.63, 3.8) is 0 Å². The molecule has 0 aliphatic carbocycles. The van der Waals surface area contributed by atoms with Crippen molar-refractivity contribution in [2.45, 2.75) is 26.4 Å². The van der Waals surface area contributed by atoms with E-state index in [4.69, 9.17) is 15.2 Å². The van der Waals surface area contributed by atoms with Gasteiger partial charge < -0.3 is 15.2 Å². The molecule has 0 aliphatic heterocycles. The molecule has 2 rings (SSSR count). The lowest BCUT2D eigenvalue weighted by molar-refractivity contribution is -0.113. The third-order valence-electron chi connectivity index (χ3n) is 3.69. The molecule has 0 aromatic heterocycles.